The van der Waals surface area contributed by atoms with Gasteiger partial charge in [-0.15, -0.1) is 11.3 Å². The Morgan fingerprint density at radius 2 is 1.88 bits per heavy atom. The van der Waals surface area contributed by atoms with Crippen LogP contribution in [0, 0.1) is 18.6 Å². The van der Waals surface area contributed by atoms with Gasteiger partial charge in [0.15, 0.2) is 18.2 Å². The Morgan fingerprint density at radius 1 is 1.15 bits per heavy atom. The molecule has 0 amide bonds. The summed E-state index contributed by atoms with van der Waals surface area (Å²) in [7, 11) is -4.10. The molecule has 0 unspecified atom stereocenters. The summed E-state index contributed by atoms with van der Waals surface area (Å²) in [6, 6.07) is 5.54. The number of Topliss-reactive ketones (excluding diaryl/α,β-unsaturated/α-hetero) is 1. The summed E-state index contributed by atoms with van der Waals surface area (Å²) < 4.78 is 56.7. The van der Waals surface area contributed by atoms with E-state index >= 15 is 0 Å². The number of thiophene rings is 1. The number of halogens is 2. The zero-order chi connectivity index (χ0) is 19.3. The lowest BCUT2D eigenvalue weighted by molar-refractivity contribution is -0.142. The zero-order valence-electron chi connectivity index (χ0n) is 13.6. The number of ether oxygens (including phenoxy) is 1. The lowest BCUT2D eigenvalue weighted by atomic mass is 10.3. The van der Waals surface area contributed by atoms with E-state index in [0.717, 1.165) is 10.9 Å². The van der Waals surface area contributed by atoms with Crippen LogP contribution < -0.4 is 4.72 Å². The Morgan fingerprint density at radius 3 is 2.50 bits per heavy atom. The maximum atomic E-state index is 13.1. The van der Waals surface area contributed by atoms with Gasteiger partial charge in [0, 0.05) is 11.4 Å². The summed E-state index contributed by atoms with van der Waals surface area (Å²) in [5, 5.41) is 0. The van der Waals surface area contributed by atoms with Gasteiger partial charge in [-0.1, -0.05) is 0 Å². The van der Waals surface area contributed by atoms with Crippen molar-refractivity contribution in [2.75, 3.05) is 13.2 Å². The van der Waals surface area contributed by atoms with E-state index in [1.165, 1.54) is 11.3 Å². The van der Waals surface area contributed by atoms with Crippen LogP contribution in [0.1, 0.15) is 21.0 Å². The van der Waals surface area contributed by atoms with Crippen LogP contribution in [0.2, 0.25) is 0 Å². The number of hydrogen-bond acceptors (Lipinski definition) is 6. The quantitative estimate of drug-likeness (QED) is 0.540. The molecule has 0 aliphatic carbocycles. The molecule has 2 aromatic rings. The van der Waals surface area contributed by atoms with E-state index in [0.29, 0.717) is 17.0 Å². The number of carbonyl (C=O) groups excluding carboxylic acids is 2. The van der Waals surface area contributed by atoms with Gasteiger partial charge in [0.25, 0.3) is 0 Å². The van der Waals surface area contributed by atoms with Gasteiger partial charge >= 0.3 is 5.97 Å². The lowest BCUT2D eigenvalue weighted by Crippen LogP contribution is -2.27. The third-order valence-corrected chi connectivity index (χ3v) is 5.70. The maximum absolute atomic E-state index is 13.1. The molecular weight excluding hydrogens is 388 g/mol. The molecule has 2 rings (SSSR count). The van der Waals surface area contributed by atoms with Gasteiger partial charge in [0.05, 0.1) is 16.2 Å². The van der Waals surface area contributed by atoms with Gasteiger partial charge in [-0.05, 0) is 37.3 Å². The van der Waals surface area contributed by atoms with Gasteiger partial charge in [0.1, 0.15) is 0 Å². The highest BCUT2D eigenvalue weighted by Gasteiger charge is 2.17. The third-order valence-electron chi connectivity index (χ3n) is 3.20. The Labute approximate surface area is 152 Å². The monoisotopic (exact) mass is 403 g/mol. The van der Waals surface area contributed by atoms with Crippen LogP contribution in [-0.4, -0.2) is 33.3 Å². The first-order valence-corrected chi connectivity index (χ1v) is 9.69. The van der Waals surface area contributed by atoms with Crippen molar-refractivity contribution in [3.05, 3.63) is 51.7 Å². The van der Waals surface area contributed by atoms with Crippen LogP contribution in [0.3, 0.4) is 0 Å². The molecule has 1 heterocycles. The molecular formula is C16H15F2NO5S2. The molecule has 140 valence electrons. The average Bonchev–Trinajstić information content (AvgIpc) is 3.01. The Kier molecular flexibility index (Phi) is 6.57. The first kappa shape index (κ1) is 20.1. The molecule has 0 aliphatic rings. The smallest absolute Gasteiger partial charge is 0.307 e. The van der Waals surface area contributed by atoms with Gasteiger partial charge in [-0.2, -0.15) is 0 Å². The molecule has 10 heteroatoms. The van der Waals surface area contributed by atoms with E-state index in [9.17, 15) is 26.8 Å². The van der Waals surface area contributed by atoms with Crippen LogP contribution in [-0.2, 0) is 19.6 Å². The van der Waals surface area contributed by atoms with Crippen molar-refractivity contribution in [3.63, 3.8) is 0 Å². The molecule has 1 aromatic heterocycles. The molecule has 0 saturated carbocycles. The molecule has 0 radical (unpaired) electrons. The number of ketones is 1. The second kappa shape index (κ2) is 8.47. The van der Waals surface area contributed by atoms with Gasteiger partial charge in [-0.3, -0.25) is 9.59 Å². The number of hydrogen-bond donors (Lipinski definition) is 1. The second-order valence-electron chi connectivity index (χ2n) is 5.22. The number of rotatable bonds is 8. The molecule has 1 N–H and O–H groups in total. The van der Waals surface area contributed by atoms with E-state index < -0.39 is 39.1 Å². The molecule has 26 heavy (non-hydrogen) atoms. The van der Waals surface area contributed by atoms with Crippen LogP contribution in [0.25, 0.3) is 0 Å². The van der Waals surface area contributed by atoms with Crippen molar-refractivity contribution < 1.29 is 31.5 Å². The second-order valence-corrected chi connectivity index (χ2v) is 8.27. The summed E-state index contributed by atoms with van der Waals surface area (Å²) in [6.45, 7) is 1.09. The Bertz CT molecular complexity index is 924. The SMILES string of the molecule is Cc1ccc(C(=O)COC(=O)CCNS(=O)(=O)c2ccc(F)c(F)c2)s1. The minimum Gasteiger partial charge on any atom is -0.457 e. The van der Waals surface area contributed by atoms with E-state index in [2.05, 4.69) is 4.72 Å². The van der Waals surface area contributed by atoms with E-state index in [1.807, 2.05) is 6.92 Å². The molecule has 0 atom stereocenters. The van der Waals surface area contributed by atoms with Crippen molar-refractivity contribution in [2.24, 2.45) is 0 Å². The highest BCUT2D eigenvalue weighted by molar-refractivity contribution is 7.89. The van der Waals surface area contributed by atoms with E-state index in [4.69, 9.17) is 4.74 Å². The summed E-state index contributed by atoms with van der Waals surface area (Å²) in [5.74, 6) is -3.58. The van der Waals surface area contributed by atoms with Crippen LogP contribution in [0.4, 0.5) is 8.78 Å². The molecule has 6 nitrogen and oxygen atoms in total. The number of nitrogens with one attached hydrogen (secondary N) is 1. The molecule has 0 fully saturated rings. The number of carbonyl (C=O) groups is 2. The maximum Gasteiger partial charge on any atom is 0.307 e. The summed E-state index contributed by atoms with van der Waals surface area (Å²) in [6.07, 6.45) is -0.320. The molecule has 0 bridgehead atoms. The Balaban J connectivity index is 1.80. The largest absolute Gasteiger partial charge is 0.457 e. The summed E-state index contributed by atoms with van der Waals surface area (Å²) in [5.41, 5.74) is 0. The normalized spacial score (nSPS) is 11.3. The summed E-state index contributed by atoms with van der Waals surface area (Å²) >= 11 is 1.28. The van der Waals surface area contributed by atoms with E-state index in [1.54, 1.807) is 12.1 Å². The van der Waals surface area contributed by atoms with Gasteiger partial charge in [0.2, 0.25) is 15.8 Å². The molecule has 0 aliphatic heterocycles. The highest BCUT2D eigenvalue weighted by atomic mass is 32.2. The lowest BCUT2D eigenvalue weighted by Gasteiger charge is -2.07. The zero-order valence-corrected chi connectivity index (χ0v) is 15.3. The number of sulfonamides is 1. The fourth-order valence-electron chi connectivity index (χ4n) is 1.89. The topological polar surface area (TPSA) is 89.5 Å². The van der Waals surface area contributed by atoms with Crippen molar-refractivity contribution in [1.29, 1.82) is 0 Å². The molecule has 1 aromatic carbocycles. The first-order chi connectivity index (χ1) is 12.2. The van der Waals surface area contributed by atoms with Crippen LogP contribution in [0.5, 0.6) is 0 Å². The predicted octanol–water partition coefficient (Wildman–Crippen LogP) is 2.43. The minimum absolute atomic E-state index is 0.313. The molecule has 0 saturated heterocycles. The number of benzene rings is 1. The fourth-order valence-corrected chi connectivity index (χ4v) is 3.72. The predicted molar refractivity (Wildman–Crippen MR) is 90.5 cm³/mol. The summed E-state index contributed by atoms with van der Waals surface area (Å²) in [4.78, 5) is 24.3. The molecule has 0 spiro atoms. The standard InChI is InChI=1S/C16H15F2NO5S2/c1-10-2-5-15(25-10)14(20)9-24-16(21)6-7-19-26(22,23)11-3-4-12(17)13(18)8-11/h2-5,8,19H,6-7,9H2,1H3. The first-order valence-electron chi connectivity index (χ1n) is 7.39. The van der Waals surface area contributed by atoms with Gasteiger partial charge in [-0.25, -0.2) is 21.9 Å². The van der Waals surface area contributed by atoms with Crippen molar-refractivity contribution >= 4 is 33.1 Å². The fraction of sp³-hybridized carbons (Fsp3) is 0.250. The third kappa shape index (κ3) is 5.41. The average molecular weight is 403 g/mol. The van der Waals surface area contributed by atoms with Crippen molar-refractivity contribution in [2.45, 2.75) is 18.2 Å². The van der Waals surface area contributed by atoms with Gasteiger partial charge < -0.3 is 4.74 Å². The Hall–Kier alpha value is -2.17. The number of esters is 1. The van der Waals surface area contributed by atoms with Crippen LogP contribution in [0.15, 0.2) is 35.2 Å². The van der Waals surface area contributed by atoms with E-state index in [-0.39, 0.29) is 18.7 Å². The highest BCUT2D eigenvalue weighted by Crippen LogP contribution is 2.16. The van der Waals surface area contributed by atoms with Crippen molar-refractivity contribution in [1.82, 2.24) is 4.72 Å². The minimum atomic E-state index is -4.10. The number of aryl methyl sites for hydroxylation is 1. The van der Waals surface area contributed by atoms with Crippen molar-refractivity contribution in [3.8, 4) is 0 Å². The van der Waals surface area contributed by atoms with Crippen LogP contribution >= 0.6 is 11.3 Å².